The Kier molecular flexibility index (Phi) is 6.07. The predicted octanol–water partition coefficient (Wildman–Crippen LogP) is 3.71. The molecule has 0 saturated carbocycles. The van der Waals surface area contributed by atoms with Crippen LogP contribution in [0.5, 0.6) is 11.5 Å². The van der Waals surface area contributed by atoms with Crippen LogP contribution in [0.2, 0.25) is 0 Å². The fraction of sp³-hybridized carbons (Fsp3) is 0.455. The Morgan fingerprint density at radius 2 is 2.07 bits per heavy atom. The Labute approximate surface area is 165 Å². The lowest BCUT2D eigenvalue weighted by Gasteiger charge is -2.34. The standard InChI is InChI=1S/C22H27NO5/c1-4-11-28-22(26)19-13(3)23-15-7-6-8-17(25)21(15)20(19)14-9-10-16(24)18(12-14)27-5-2/h9-10,12,20,23-24H,4-8,11H2,1-3H3/t20-/m1/s1. The van der Waals surface area contributed by atoms with E-state index in [-0.39, 0.29) is 11.5 Å². The highest BCUT2D eigenvalue weighted by atomic mass is 16.5. The number of ketones is 1. The summed E-state index contributed by atoms with van der Waals surface area (Å²) in [5, 5.41) is 13.3. The molecule has 1 aliphatic heterocycles. The van der Waals surface area contributed by atoms with Crippen molar-refractivity contribution in [1.29, 1.82) is 0 Å². The number of hydrogen-bond donors (Lipinski definition) is 2. The monoisotopic (exact) mass is 385 g/mol. The van der Waals surface area contributed by atoms with Gasteiger partial charge in [0.15, 0.2) is 17.3 Å². The first-order chi connectivity index (χ1) is 13.5. The third-order valence-electron chi connectivity index (χ3n) is 5.05. The van der Waals surface area contributed by atoms with Crippen LogP contribution in [0.1, 0.15) is 57.9 Å². The number of phenolic OH excluding ortho intramolecular Hbond substituents is 1. The van der Waals surface area contributed by atoms with E-state index in [4.69, 9.17) is 9.47 Å². The van der Waals surface area contributed by atoms with Crippen LogP contribution in [0.15, 0.2) is 40.7 Å². The first kappa shape index (κ1) is 20.0. The van der Waals surface area contributed by atoms with Crippen molar-refractivity contribution in [3.8, 4) is 11.5 Å². The molecule has 1 aromatic carbocycles. The number of hydrogen-bond acceptors (Lipinski definition) is 6. The molecule has 6 nitrogen and oxygen atoms in total. The van der Waals surface area contributed by atoms with Gasteiger partial charge in [0.2, 0.25) is 0 Å². The Balaban J connectivity index is 2.13. The molecule has 28 heavy (non-hydrogen) atoms. The van der Waals surface area contributed by atoms with Crippen molar-refractivity contribution in [2.24, 2.45) is 0 Å². The van der Waals surface area contributed by atoms with Gasteiger partial charge in [-0.25, -0.2) is 4.79 Å². The van der Waals surface area contributed by atoms with Crippen molar-refractivity contribution in [2.45, 2.75) is 52.4 Å². The maximum Gasteiger partial charge on any atom is 0.336 e. The number of carbonyl (C=O) groups excluding carboxylic acids is 2. The molecule has 0 amide bonds. The summed E-state index contributed by atoms with van der Waals surface area (Å²) in [6.45, 7) is 6.32. The normalized spacial score (nSPS) is 19.2. The second-order valence-electron chi connectivity index (χ2n) is 7.06. The number of esters is 1. The van der Waals surface area contributed by atoms with Crippen LogP contribution >= 0.6 is 0 Å². The first-order valence-electron chi connectivity index (χ1n) is 9.84. The zero-order valence-electron chi connectivity index (χ0n) is 16.6. The van der Waals surface area contributed by atoms with Gasteiger partial charge < -0.3 is 19.9 Å². The second-order valence-corrected chi connectivity index (χ2v) is 7.06. The molecule has 2 N–H and O–H groups in total. The number of phenols is 1. The van der Waals surface area contributed by atoms with Crippen molar-refractivity contribution in [3.63, 3.8) is 0 Å². The van der Waals surface area contributed by atoms with Crippen LogP contribution in [0.4, 0.5) is 0 Å². The van der Waals surface area contributed by atoms with E-state index in [9.17, 15) is 14.7 Å². The lowest BCUT2D eigenvalue weighted by molar-refractivity contribution is -0.139. The van der Waals surface area contributed by atoms with E-state index in [1.54, 1.807) is 18.2 Å². The van der Waals surface area contributed by atoms with Crippen molar-refractivity contribution in [1.82, 2.24) is 5.32 Å². The van der Waals surface area contributed by atoms with Gasteiger partial charge in [0.25, 0.3) is 0 Å². The number of aromatic hydroxyl groups is 1. The van der Waals surface area contributed by atoms with E-state index >= 15 is 0 Å². The molecule has 0 saturated heterocycles. The average Bonchev–Trinajstić information content (AvgIpc) is 2.67. The fourth-order valence-corrected chi connectivity index (χ4v) is 3.84. The summed E-state index contributed by atoms with van der Waals surface area (Å²) >= 11 is 0. The van der Waals surface area contributed by atoms with E-state index < -0.39 is 11.9 Å². The molecule has 1 aliphatic carbocycles. The largest absolute Gasteiger partial charge is 0.504 e. The summed E-state index contributed by atoms with van der Waals surface area (Å²) in [5.74, 6) is -0.554. The third-order valence-corrected chi connectivity index (χ3v) is 5.05. The molecule has 1 atom stereocenters. The summed E-state index contributed by atoms with van der Waals surface area (Å²) in [4.78, 5) is 25.7. The first-order valence-corrected chi connectivity index (χ1v) is 9.84. The highest BCUT2D eigenvalue weighted by Gasteiger charge is 2.39. The lowest BCUT2D eigenvalue weighted by Crippen LogP contribution is -2.34. The second kappa shape index (κ2) is 8.50. The summed E-state index contributed by atoms with van der Waals surface area (Å²) in [6.07, 6.45) is 2.74. The highest BCUT2D eigenvalue weighted by molar-refractivity contribution is 6.03. The van der Waals surface area contributed by atoms with Crippen LogP contribution in [0.25, 0.3) is 0 Å². The number of benzene rings is 1. The van der Waals surface area contributed by atoms with Gasteiger partial charge in [0.05, 0.1) is 18.8 Å². The van der Waals surface area contributed by atoms with Gasteiger partial charge >= 0.3 is 5.97 Å². The Bertz CT molecular complexity index is 852. The van der Waals surface area contributed by atoms with E-state index in [0.29, 0.717) is 42.2 Å². The van der Waals surface area contributed by atoms with Gasteiger partial charge in [-0.1, -0.05) is 13.0 Å². The number of dihydropyridines is 1. The van der Waals surface area contributed by atoms with Gasteiger partial charge in [0, 0.05) is 29.3 Å². The summed E-state index contributed by atoms with van der Waals surface area (Å²) < 4.78 is 10.9. The molecule has 0 spiro atoms. The average molecular weight is 385 g/mol. The smallest absolute Gasteiger partial charge is 0.336 e. The van der Waals surface area contributed by atoms with E-state index in [1.165, 1.54) is 0 Å². The van der Waals surface area contributed by atoms with Crippen molar-refractivity contribution < 1.29 is 24.2 Å². The minimum Gasteiger partial charge on any atom is -0.504 e. The molecule has 0 bridgehead atoms. The van der Waals surface area contributed by atoms with Crippen LogP contribution < -0.4 is 10.1 Å². The molecular weight excluding hydrogens is 358 g/mol. The van der Waals surface area contributed by atoms with Gasteiger partial charge in [-0.3, -0.25) is 4.79 Å². The number of allylic oxidation sites excluding steroid dienone is 3. The molecule has 3 rings (SSSR count). The molecule has 0 fully saturated rings. The summed E-state index contributed by atoms with van der Waals surface area (Å²) in [5.41, 5.74) is 3.36. The molecule has 150 valence electrons. The topological polar surface area (TPSA) is 84.9 Å². The Morgan fingerprint density at radius 3 is 2.79 bits per heavy atom. The number of carbonyl (C=O) groups is 2. The maximum absolute atomic E-state index is 12.9. The zero-order valence-corrected chi connectivity index (χ0v) is 16.6. The lowest BCUT2D eigenvalue weighted by atomic mass is 9.75. The van der Waals surface area contributed by atoms with Crippen LogP contribution in [0.3, 0.4) is 0 Å². The molecule has 2 aliphatic rings. The highest BCUT2D eigenvalue weighted by Crippen LogP contribution is 2.44. The summed E-state index contributed by atoms with van der Waals surface area (Å²) in [7, 11) is 0. The summed E-state index contributed by atoms with van der Waals surface area (Å²) in [6, 6.07) is 4.99. The quantitative estimate of drug-likeness (QED) is 0.726. The molecule has 0 radical (unpaired) electrons. The van der Waals surface area contributed by atoms with Crippen molar-refractivity contribution >= 4 is 11.8 Å². The van der Waals surface area contributed by atoms with Gasteiger partial charge in [0.1, 0.15) is 0 Å². The van der Waals surface area contributed by atoms with Crippen LogP contribution in [0, 0.1) is 0 Å². The fourth-order valence-electron chi connectivity index (χ4n) is 3.84. The SMILES string of the molecule is CCCOC(=O)C1=C(C)NC2=C(C(=O)CCC2)[C@@H]1c1ccc(O)c(OCC)c1. The Morgan fingerprint density at radius 1 is 1.29 bits per heavy atom. The molecule has 0 unspecified atom stereocenters. The maximum atomic E-state index is 12.9. The van der Waals surface area contributed by atoms with Crippen LogP contribution in [-0.4, -0.2) is 30.1 Å². The van der Waals surface area contributed by atoms with Gasteiger partial charge in [-0.05, 0) is 50.8 Å². The molecule has 1 heterocycles. The minimum absolute atomic E-state index is 0.0273. The Hall–Kier alpha value is -2.76. The number of rotatable bonds is 6. The zero-order chi connectivity index (χ0) is 20.3. The van der Waals surface area contributed by atoms with E-state index in [0.717, 1.165) is 30.5 Å². The minimum atomic E-state index is -0.534. The van der Waals surface area contributed by atoms with Crippen LogP contribution in [-0.2, 0) is 14.3 Å². The third kappa shape index (κ3) is 3.77. The number of ether oxygens (including phenoxy) is 2. The molecular formula is C22H27NO5. The molecule has 6 heteroatoms. The van der Waals surface area contributed by atoms with Gasteiger partial charge in [-0.15, -0.1) is 0 Å². The van der Waals surface area contributed by atoms with Crippen molar-refractivity contribution in [2.75, 3.05) is 13.2 Å². The predicted molar refractivity (Wildman–Crippen MR) is 105 cm³/mol. The molecule has 0 aromatic heterocycles. The molecule has 1 aromatic rings. The van der Waals surface area contributed by atoms with Crippen molar-refractivity contribution in [3.05, 3.63) is 46.3 Å². The van der Waals surface area contributed by atoms with E-state index in [1.807, 2.05) is 20.8 Å². The van der Waals surface area contributed by atoms with E-state index in [2.05, 4.69) is 5.32 Å². The number of nitrogens with one attached hydrogen (secondary N) is 1. The number of Topliss-reactive ketones (excluding diaryl/α,β-unsaturated/α-hetero) is 1. The van der Waals surface area contributed by atoms with Gasteiger partial charge in [-0.2, -0.15) is 0 Å².